The highest BCUT2D eigenvalue weighted by molar-refractivity contribution is 7.18. The fraction of sp³-hybridized carbons (Fsp3) is 0.375. The molecule has 2 saturated heterocycles. The molecular weight excluding hydrogens is 424 g/mol. The first-order chi connectivity index (χ1) is 15.5. The molecule has 0 aliphatic carbocycles. The highest BCUT2D eigenvalue weighted by Gasteiger charge is 2.50. The molecule has 3 amide bonds. The maximum Gasteiger partial charge on any atom is 0.326 e. The summed E-state index contributed by atoms with van der Waals surface area (Å²) in [6, 6.07) is 15.2. The molecule has 166 valence electrons. The summed E-state index contributed by atoms with van der Waals surface area (Å²) in [6.07, 6.45) is 1.99. The van der Waals surface area contributed by atoms with Crippen LogP contribution in [-0.2, 0) is 10.3 Å². The van der Waals surface area contributed by atoms with Crippen LogP contribution in [-0.4, -0.2) is 46.5 Å². The molecule has 0 saturated carbocycles. The number of benzene rings is 2. The van der Waals surface area contributed by atoms with Gasteiger partial charge < -0.3 is 10.1 Å². The van der Waals surface area contributed by atoms with Gasteiger partial charge in [-0.2, -0.15) is 0 Å². The molecule has 2 aliphatic heterocycles. The van der Waals surface area contributed by atoms with Gasteiger partial charge in [0.1, 0.15) is 16.3 Å². The summed E-state index contributed by atoms with van der Waals surface area (Å²) in [4.78, 5) is 34.6. The van der Waals surface area contributed by atoms with Crippen LogP contribution in [0.2, 0.25) is 0 Å². The first kappa shape index (κ1) is 20.9. The minimum atomic E-state index is -1.09. The van der Waals surface area contributed by atoms with Gasteiger partial charge in [0.2, 0.25) is 0 Å². The van der Waals surface area contributed by atoms with E-state index in [9.17, 15) is 9.59 Å². The van der Waals surface area contributed by atoms with Crippen LogP contribution >= 0.6 is 11.3 Å². The Morgan fingerprint density at radius 1 is 1.19 bits per heavy atom. The van der Waals surface area contributed by atoms with Crippen LogP contribution < -0.4 is 10.1 Å². The Hall–Kier alpha value is -2.97. The first-order valence-electron chi connectivity index (χ1n) is 11.0. The Bertz CT molecular complexity index is 1130. The van der Waals surface area contributed by atoms with Crippen molar-refractivity contribution in [2.24, 2.45) is 0 Å². The van der Waals surface area contributed by atoms with Gasteiger partial charge in [-0.05, 0) is 56.5 Å². The molecule has 2 aromatic carbocycles. The summed E-state index contributed by atoms with van der Waals surface area (Å²) >= 11 is 1.69. The SMILES string of the molecule is CCOc1ccc([C@]2(C)NC(=O)N(CN3CCC[C@H]3c3nc4ccccc4s3)C2=O)cc1. The number of carbonyl (C=O) groups excluding carboxylic acids is 2. The largest absolute Gasteiger partial charge is 0.494 e. The van der Waals surface area contributed by atoms with Gasteiger partial charge in [0.25, 0.3) is 5.91 Å². The quantitative estimate of drug-likeness (QED) is 0.568. The lowest BCUT2D eigenvalue weighted by Crippen LogP contribution is -2.43. The summed E-state index contributed by atoms with van der Waals surface area (Å²) in [5.41, 5.74) is 0.649. The van der Waals surface area contributed by atoms with Crippen LogP contribution in [0.1, 0.15) is 43.3 Å². The lowest BCUT2D eigenvalue weighted by Gasteiger charge is -2.27. The maximum absolute atomic E-state index is 13.4. The van der Waals surface area contributed by atoms with Crippen molar-refractivity contribution in [2.45, 2.75) is 38.3 Å². The van der Waals surface area contributed by atoms with Gasteiger partial charge >= 0.3 is 6.03 Å². The molecule has 2 atom stereocenters. The molecule has 32 heavy (non-hydrogen) atoms. The Balaban J connectivity index is 1.35. The Morgan fingerprint density at radius 3 is 2.72 bits per heavy atom. The number of hydrogen-bond acceptors (Lipinski definition) is 6. The minimum absolute atomic E-state index is 0.116. The van der Waals surface area contributed by atoms with Crippen molar-refractivity contribution in [3.05, 3.63) is 59.1 Å². The maximum atomic E-state index is 13.4. The molecule has 0 bridgehead atoms. The molecule has 7 nitrogen and oxygen atoms in total. The van der Waals surface area contributed by atoms with Crippen molar-refractivity contribution in [1.29, 1.82) is 0 Å². The molecule has 0 radical (unpaired) electrons. The number of urea groups is 1. The molecule has 3 heterocycles. The van der Waals surface area contributed by atoms with Crippen molar-refractivity contribution in [3.63, 3.8) is 0 Å². The molecule has 1 N–H and O–H groups in total. The summed E-state index contributed by atoms with van der Waals surface area (Å²) in [5.74, 6) is 0.505. The van der Waals surface area contributed by atoms with Gasteiger partial charge in [-0.3, -0.25) is 9.69 Å². The van der Waals surface area contributed by atoms with Crippen LogP contribution in [0.15, 0.2) is 48.5 Å². The zero-order chi connectivity index (χ0) is 22.3. The lowest BCUT2D eigenvalue weighted by atomic mass is 9.92. The third kappa shape index (κ3) is 3.53. The second-order valence-corrected chi connectivity index (χ2v) is 9.44. The second kappa shape index (κ2) is 8.18. The third-order valence-corrected chi connectivity index (χ3v) is 7.44. The molecule has 0 spiro atoms. The molecule has 1 aromatic heterocycles. The van der Waals surface area contributed by atoms with Gasteiger partial charge in [0, 0.05) is 6.54 Å². The van der Waals surface area contributed by atoms with Crippen LogP contribution in [0.4, 0.5) is 4.79 Å². The predicted molar refractivity (Wildman–Crippen MR) is 124 cm³/mol. The van der Waals surface area contributed by atoms with E-state index in [1.807, 2.05) is 49.4 Å². The summed E-state index contributed by atoms with van der Waals surface area (Å²) < 4.78 is 6.66. The van der Waals surface area contributed by atoms with E-state index in [-0.39, 0.29) is 24.6 Å². The van der Waals surface area contributed by atoms with E-state index in [0.717, 1.165) is 45.9 Å². The average molecular weight is 451 g/mol. The van der Waals surface area contributed by atoms with E-state index >= 15 is 0 Å². The minimum Gasteiger partial charge on any atom is -0.494 e. The number of amides is 3. The van der Waals surface area contributed by atoms with Gasteiger partial charge in [-0.25, -0.2) is 14.7 Å². The molecule has 2 fully saturated rings. The van der Waals surface area contributed by atoms with Crippen LogP contribution in [0.25, 0.3) is 10.2 Å². The van der Waals surface area contributed by atoms with Gasteiger partial charge in [0.15, 0.2) is 0 Å². The number of hydrogen-bond donors (Lipinski definition) is 1. The van der Waals surface area contributed by atoms with Crippen LogP contribution in [0.5, 0.6) is 5.75 Å². The number of imide groups is 1. The zero-order valence-corrected chi connectivity index (χ0v) is 19.0. The lowest BCUT2D eigenvalue weighted by molar-refractivity contribution is -0.132. The van der Waals surface area contributed by atoms with Crippen molar-refractivity contribution in [2.75, 3.05) is 19.8 Å². The second-order valence-electron chi connectivity index (χ2n) is 8.38. The number of carbonyl (C=O) groups is 2. The number of para-hydroxylation sites is 1. The molecule has 2 aliphatic rings. The predicted octanol–water partition coefficient (Wildman–Crippen LogP) is 4.26. The Morgan fingerprint density at radius 2 is 1.97 bits per heavy atom. The Kier molecular flexibility index (Phi) is 5.35. The molecule has 8 heteroatoms. The van der Waals surface area contributed by atoms with Crippen molar-refractivity contribution < 1.29 is 14.3 Å². The number of fused-ring (bicyclic) bond motifs is 1. The van der Waals surface area contributed by atoms with E-state index in [0.29, 0.717) is 6.61 Å². The van der Waals surface area contributed by atoms with E-state index in [1.54, 1.807) is 18.3 Å². The smallest absolute Gasteiger partial charge is 0.326 e. The highest BCUT2D eigenvalue weighted by atomic mass is 32.1. The molecule has 0 unspecified atom stereocenters. The first-order valence-corrected chi connectivity index (χ1v) is 11.8. The van der Waals surface area contributed by atoms with E-state index in [1.165, 1.54) is 4.90 Å². The number of likely N-dealkylation sites (tertiary alicyclic amines) is 1. The topological polar surface area (TPSA) is 74.8 Å². The monoisotopic (exact) mass is 450 g/mol. The molecular formula is C24H26N4O3S. The van der Waals surface area contributed by atoms with Crippen molar-refractivity contribution in [1.82, 2.24) is 20.1 Å². The number of ether oxygens (including phenoxy) is 1. The number of aromatic nitrogens is 1. The standard InChI is InChI=1S/C24H26N4O3S/c1-3-31-17-12-10-16(11-13-17)24(2)22(29)28(23(30)26-24)15-27-14-6-8-19(27)21-25-18-7-4-5-9-20(18)32-21/h4-5,7,9-13,19H,3,6,8,14-15H2,1-2H3,(H,26,30)/t19-,24-/m0/s1. The number of nitrogens with one attached hydrogen (secondary N) is 1. The summed E-state index contributed by atoms with van der Waals surface area (Å²) in [6.45, 7) is 5.35. The molecule has 3 aromatic rings. The zero-order valence-electron chi connectivity index (χ0n) is 18.2. The summed E-state index contributed by atoms with van der Waals surface area (Å²) in [5, 5.41) is 3.95. The van der Waals surface area contributed by atoms with E-state index < -0.39 is 5.54 Å². The molecule has 5 rings (SSSR count). The van der Waals surface area contributed by atoms with Crippen molar-refractivity contribution >= 4 is 33.5 Å². The fourth-order valence-corrected chi connectivity index (χ4v) is 5.70. The van der Waals surface area contributed by atoms with Gasteiger partial charge in [-0.1, -0.05) is 24.3 Å². The normalized spacial score (nSPS) is 23.8. The third-order valence-electron chi connectivity index (χ3n) is 6.30. The number of nitrogens with zero attached hydrogens (tertiary/aromatic N) is 3. The van der Waals surface area contributed by atoms with Crippen LogP contribution in [0.3, 0.4) is 0 Å². The fourth-order valence-electron chi connectivity index (χ4n) is 4.56. The van der Waals surface area contributed by atoms with E-state index in [2.05, 4.69) is 16.3 Å². The number of thiazole rings is 1. The average Bonchev–Trinajstić information content (AvgIpc) is 3.48. The van der Waals surface area contributed by atoms with Crippen molar-refractivity contribution in [3.8, 4) is 5.75 Å². The Labute approximate surface area is 191 Å². The van der Waals surface area contributed by atoms with Gasteiger partial charge in [0.05, 0.1) is 29.5 Å². The number of rotatable bonds is 6. The van der Waals surface area contributed by atoms with Crippen LogP contribution in [0, 0.1) is 0 Å². The van der Waals surface area contributed by atoms with Gasteiger partial charge in [-0.15, -0.1) is 11.3 Å². The van der Waals surface area contributed by atoms with E-state index in [4.69, 9.17) is 9.72 Å². The highest BCUT2D eigenvalue weighted by Crippen LogP contribution is 2.37. The summed E-state index contributed by atoms with van der Waals surface area (Å²) in [7, 11) is 0.